The van der Waals surface area contributed by atoms with E-state index in [4.69, 9.17) is 11.6 Å². The highest BCUT2D eigenvalue weighted by atomic mass is 35.5. The molecule has 0 bridgehead atoms. The topological polar surface area (TPSA) is 61.4 Å². The fourth-order valence-corrected chi connectivity index (χ4v) is 2.58. The van der Waals surface area contributed by atoms with Gasteiger partial charge in [-0.25, -0.2) is 0 Å². The zero-order chi connectivity index (χ0) is 13.8. The van der Waals surface area contributed by atoms with Crippen molar-refractivity contribution in [2.45, 2.75) is 37.8 Å². The predicted molar refractivity (Wildman–Crippen MR) is 76.7 cm³/mol. The molecule has 5 heteroatoms. The molecule has 0 heterocycles. The molecule has 0 unspecified atom stereocenters. The van der Waals surface area contributed by atoms with Gasteiger partial charge in [0.15, 0.2) is 0 Å². The van der Waals surface area contributed by atoms with Crippen LogP contribution >= 0.6 is 11.6 Å². The Kier molecular flexibility index (Phi) is 4.66. The standard InChI is InChI=1S/C14H19ClN2O2/c1-16-14(19)12-8-10(4-7-13(12)15)17-9-2-5-11(18)6-3-9/h4,7-9,11,17-18H,2-3,5-6H2,1H3,(H,16,19). The van der Waals surface area contributed by atoms with Crippen LogP contribution < -0.4 is 10.6 Å². The molecule has 0 spiro atoms. The molecule has 1 aliphatic rings. The molecule has 1 fully saturated rings. The van der Waals surface area contributed by atoms with Crippen LogP contribution in [0.4, 0.5) is 5.69 Å². The van der Waals surface area contributed by atoms with E-state index in [2.05, 4.69) is 10.6 Å². The van der Waals surface area contributed by atoms with Gasteiger partial charge in [0.25, 0.3) is 5.91 Å². The van der Waals surface area contributed by atoms with Crippen LogP contribution in [0.25, 0.3) is 0 Å². The number of carbonyl (C=O) groups is 1. The lowest BCUT2D eigenvalue weighted by Gasteiger charge is -2.27. The first kappa shape index (κ1) is 14.2. The molecule has 1 amide bonds. The number of halogens is 1. The van der Waals surface area contributed by atoms with Crippen molar-refractivity contribution >= 4 is 23.2 Å². The summed E-state index contributed by atoms with van der Waals surface area (Å²) in [5, 5.41) is 15.9. The summed E-state index contributed by atoms with van der Waals surface area (Å²) < 4.78 is 0. The van der Waals surface area contributed by atoms with Crippen molar-refractivity contribution in [1.82, 2.24) is 5.32 Å². The molecule has 104 valence electrons. The van der Waals surface area contributed by atoms with E-state index in [0.29, 0.717) is 16.6 Å². The normalized spacial score (nSPS) is 22.9. The van der Waals surface area contributed by atoms with E-state index in [1.54, 1.807) is 19.2 Å². The van der Waals surface area contributed by atoms with Crippen LogP contribution in [0.2, 0.25) is 5.02 Å². The van der Waals surface area contributed by atoms with Gasteiger partial charge in [0.2, 0.25) is 0 Å². The molecule has 1 aromatic carbocycles. The zero-order valence-electron chi connectivity index (χ0n) is 10.9. The first-order valence-electron chi connectivity index (χ1n) is 6.56. The van der Waals surface area contributed by atoms with Gasteiger partial charge >= 0.3 is 0 Å². The number of anilines is 1. The van der Waals surface area contributed by atoms with Crippen molar-refractivity contribution in [3.05, 3.63) is 28.8 Å². The number of aliphatic hydroxyl groups excluding tert-OH is 1. The smallest absolute Gasteiger partial charge is 0.252 e. The molecule has 0 radical (unpaired) electrons. The van der Waals surface area contributed by atoms with E-state index in [1.165, 1.54) is 0 Å². The van der Waals surface area contributed by atoms with Crippen molar-refractivity contribution in [3.63, 3.8) is 0 Å². The maximum absolute atomic E-state index is 11.7. The predicted octanol–water partition coefficient (Wildman–Crippen LogP) is 2.42. The first-order chi connectivity index (χ1) is 9.10. The molecule has 0 atom stereocenters. The molecule has 0 aromatic heterocycles. The van der Waals surface area contributed by atoms with Crippen molar-refractivity contribution in [2.24, 2.45) is 0 Å². The van der Waals surface area contributed by atoms with Gasteiger partial charge in [0.05, 0.1) is 16.7 Å². The number of hydrogen-bond acceptors (Lipinski definition) is 3. The fourth-order valence-electron chi connectivity index (χ4n) is 2.38. The Balaban J connectivity index is 2.06. The second-order valence-electron chi connectivity index (χ2n) is 4.92. The molecule has 19 heavy (non-hydrogen) atoms. The Morgan fingerprint density at radius 1 is 1.32 bits per heavy atom. The van der Waals surface area contributed by atoms with E-state index in [-0.39, 0.29) is 12.0 Å². The van der Waals surface area contributed by atoms with Gasteiger partial charge in [0, 0.05) is 18.8 Å². The maximum Gasteiger partial charge on any atom is 0.252 e. The molecular formula is C14H19ClN2O2. The average Bonchev–Trinajstić information content (AvgIpc) is 2.42. The van der Waals surface area contributed by atoms with Crippen LogP contribution in [0.15, 0.2) is 18.2 Å². The third-order valence-corrected chi connectivity index (χ3v) is 3.84. The zero-order valence-corrected chi connectivity index (χ0v) is 11.7. The van der Waals surface area contributed by atoms with Crippen molar-refractivity contribution in [1.29, 1.82) is 0 Å². The highest BCUT2D eigenvalue weighted by molar-refractivity contribution is 6.34. The monoisotopic (exact) mass is 282 g/mol. The number of hydrogen-bond donors (Lipinski definition) is 3. The molecule has 1 aliphatic carbocycles. The highest BCUT2D eigenvalue weighted by Gasteiger charge is 2.19. The van der Waals surface area contributed by atoms with Crippen LogP contribution in [-0.2, 0) is 0 Å². The summed E-state index contributed by atoms with van der Waals surface area (Å²) in [6.45, 7) is 0. The van der Waals surface area contributed by atoms with Gasteiger partial charge in [-0.05, 0) is 43.9 Å². The Hall–Kier alpha value is -1.26. The lowest BCUT2D eigenvalue weighted by Crippen LogP contribution is -2.28. The quantitative estimate of drug-likeness (QED) is 0.798. The summed E-state index contributed by atoms with van der Waals surface area (Å²) in [5.74, 6) is -0.187. The van der Waals surface area contributed by atoms with Gasteiger partial charge in [-0.3, -0.25) is 4.79 Å². The van der Waals surface area contributed by atoms with E-state index in [9.17, 15) is 9.90 Å². The Morgan fingerprint density at radius 2 is 2.00 bits per heavy atom. The van der Waals surface area contributed by atoms with Crippen LogP contribution in [0.3, 0.4) is 0 Å². The van der Waals surface area contributed by atoms with Crippen molar-refractivity contribution in [2.75, 3.05) is 12.4 Å². The summed E-state index contributed by atoms with van der Waals surface area (Å²) in [6.07, 6.45) is 3.38. The largest absolute Gasteiger partial charge is 0.393 e. The van der Waals surface area contributed by atoms with Crippen LogP contribution in [0.1, 0.15) is 36.0 Å². The highest BCUT2D eigenvalue weighted by Crippen LogP contribution is 2.25. The third-order valence-electron chi connectivity index (χ3n) is 3.51. The Labute approximate surface area is 118 Å². The lowest BCUT2D eigenvalue weighted by molar-refractivity contribution is 0.0963. The first-order valence-corrected chi connectivity index (χ1v) is 6.94. The number of benzene rings is 1. The minimum Gasteiger partial charge on any atom is -0.393 e. The maximum atomic E-state index is 11.7. The van der Waals surface area contributed by atoms with Crippen molar-refractivity contribution in [3.8, 4) is 0 Å². The van der Waals surface area contributed by atoms with E-state index in [1.807, 2.05) is 6.07 Å². The molecule has 4 nitrogen and oxygen atoms in total. The van der Waals surface area contributed by atoms with Gasteiger partial charge in [0.1, 0.15) is 0 Å². The molecular weight excluding hydrogens is 264 g/mol. The second-order valence-corrected chi connectivity index (χ2v) is 5.33. The molecule has 3 N–H and O–H groups in total. The number of rotatable bonds is 3. The van der Waals surface area contributed by atoms with Crippen LogP contribution in [-0.4, -0.2) is 30.2 Å². The van der Waals surface area contributed by atoms with E-state index < -0.39 is 0 Å². The molecule has 1 saturated carbocycles. The molecule has 1 aromatic rings. The number of aliphatic hydroxyl groups is 1. The minimum atomic E-state index is -0.187. The Bertz CT molecular complexity index is 457. The summed E-state index contributed by atoms with van der Waals surface area (Å²) in [7, 11) is 1.58. The summed E-state index contributed by atoms with van der Waals surface area (Å²) in [4.78, 5) is 11.7. The number of nitrogens with one attached hydrogen (secondary N) is 2. The molecule has 2 rings (SSSR count). The molecule has 0 saturated heterocycles. The summed E-state index contributed by atoms with van der Waals surface area (Å²) in [6, 6.07) is 5.72. The van der Waals surface area contributed by atoms with Gasteiger partial charge in [-0.1, -0.05) is 11.6 Å². The van der Waals surface area contributed by atoms with Crippen LogP contribution in [0.5, 0.6) is 0 Å². The summed E-state index contributed by atoms with van der Waals surface area (Å²) >= 11 is 6.01. The third kappa shape index (κ3) is 3.61. The molecule has 0 aliphatic heterocycles. The number of amides is 1. The fraction of sp³-hybridized carbons (Fsp3) is 0.500. The second kappa shape index (κ2) is 6.26. The Morgan fingerprint density at radius 3 is 2.63 bits per heavy atom. The van der Waals surface area contributed by atoms with Gasteiger partial charge < -0.3 is 15.7 Å². The lowest BCUT2D eigenvalue weighted by atomic mass is 9.93. The van der Waals surface area contributed by atoms with Crippen LogP contribution in [0, 0.1) is 0 Å². The SMILES string of the molecule is CNC(=O)c1cc(NC2CCC(O)CC2)ccc1Cl. The van der Waals surface area contributed by atoms with E-state index in [0.717, 1.165) is 31.4 Å². The van der Waals surface area contributed by atoms with Crippen molar-refractivity contribution < 1.29 is 9.90 Å². The van der Waals surface area contributed by atoms with Gasteiger partial charge in [-0.2, -0.15) is 0 Å². The minimum absolute atomic E-state index is 0.162. The number of carbonyl (C=O) groups excluding carboxylic acids is 1. The summed E-state index contributed by atoms with van der Waals surface area (Å²) in [5.41, 5.74) is 1.37. The van der Waals surface area contributed by atoms with Gasteiger partial charge in [-0.15, -0.1) is 0 Å². The average molecular weight is 283 g/mol. The van der Waals surface area contributed by atoms with E-state index >= 15 is 0 Å².